The Morgan fingerprint density at radius 3 is 2.25 bits per heavy atom. The van der Waals surface area contributed by atoms with E-state index in [1.165, 1.54) is 5.56 Å². The molecule has 0 aliphatic heterocycles. The van der Waals surface area contributed by atoms with E-state index in [0.717, 1.165) is 11.3 Å². The Morgan fingerprint density at radius 2 is 1.64 bits per heavy atom. The van der Waals surface area contributed by atoms with E-state index in [1.807, 2.05) is 30.3 Å². The summed E-state index contributed by atoms with van der Waals surface area (Å²) in [6.07, 6.45) is 1.09. The third-order valence-corrected chi connectivity index (χ3v) is 4.47. The minimum atomic E-state index is 0.00136. The van der Waals surface area contributed by atoms with Gasteiger partial charge in [-0.15, -0.1) is 0 Å². The van der Waals surface area contributed by atoms with Crippen molar-refractivity contribution in [3.05, 3.63) is 53.6 Å². The number of nitrogens with one attached hydrogen (secondary N) is 1. The molecule has 0 aliphatic rings. The normalized spacial score (nSPS) is 11.0. The average molecular weight is 386 g/mol. The molecule has 5 nitrogen and oxygen atoms in total. The fraction of sp³-hybridized carbons (Fsp3) is 0.435. The van der Waals surface area contributed by atoms with Gasteiger partial charge in [0.05, 0.1) is 20.8 Å². The van der Waals surface area contributed by atoms with Crippen molar-refractivity contribution < 1.29 is 19.0 Å². The summed E-state index contributed by atoms with van der Waals surface area (Å²) in [4.78, 5) is 12.0. The quantitative estimate of drug-likeness (QED) is 0.647. The second-order valence-corrected chi connectivity index (χ2v) is 7.69. The molecule has 2 aromatic rings. The molecule has 28 heavy (non-hydrogen) atoms. The van der Waals surface area contributed by atoms with E-state index >= 15 is 0 Å². The van der Waals surface area contributed by atoms with Crippen molar-refractivity contribution in [2.24, 2.45) is 0 Å². The van der Waals surface area contributed by atoms with Gasteiger partial charge in [-0.1, -0.05) is 39.0 Å². The lowest BCUT2D eigenvalue weighted by Crippen LogP contribution is -2.23. The predicted octanol–water partition coefficient (Wildman–Crippen LogP) is 4.48. The first-order valence-electron chi connectivity index (χ1n) is 9.54. The van der Waals surface area contributed by atoms with Crippen LogP contribution in [0.15, 0.2) is 42.5 Å². The Kier molecular flexibility index (Phi) is 7.73. The van der Waals surface area contributed by atoms with E-state index in [1.54, 1.807) is 14.2 Å². The summed E-state index contributed by atoms with van der Waals surface area (Å²) in [5.41, 5.74) is 2.36. The monoisotopic (exact) mass is 385 g/mol. The number of benzene rings is 2. The van der Waals surface area contributed by atoms with Crippen LogP contribution in [0.1, 0.15) is 44.7 Å². The van der Waals surface area contributed by atoms with Gasteiger partial charge in [0.1, 0.15) is 5.75 Å². The van der Waals surface area contributed by atoms with Crippen LogP contribution < -0.4 is 19.5 Å². The number of methoxy groups -OCH3 is 2. The van der Waals surface area contributed by atoms with Crippen LogP contribution in [0.4, 0.5) is 0 Å². The highest BCUT2D eigenvalue weighted by atomic mass is 16.5. The summed E-state index contributed by atoms with van der Waals surface area (Å²) in [7, 11) is 3.19. The Balaban J connectivity index is 1.70. The first kappa shape index (κ1) is 21.6. The highest BCUT2D eigenvalue weighted by Gasteiger charge is 2.13. The molecule has 0 radical (unpaired) electrons. The molecule has 1 N–H and O–H groups in total. The number of carbonyl (C=O) groups excluding carboxylic acids is 1. The maximum absolute atomic E-state index is 12.0. The van der Waals surface area contributed by atoms with Gasteiger partial charge in [0.15, 0.2) is 11.5 Å². The lowest BCUT2D eigenvalue weighted by molar-refractivity contribution is -0.121. The average Bonchev–Trinajstić information content (AvgIpc) is 2.69. The smallest absolute Gasteiger partial charge is 0.220 e. The summed E-state index contributed by atoms with van der Waals surface area (Å²) in [5.74, 6) is 2.16. The largest absolute Gasteiger partial charge is 0.494 e. The van der Waals surface area contributed by atoms with Crippen LogP contribution in [0.5, 0.6) is 17.2 Å². The van der Waals surface area contributed by atoms with Crippen molar-refractivity contribution in [3.8, 4) is 17.2 Å². The van der Waals surface area contributed by atoms with E-state index in [-0.39, 0.29) is 11.3 Å². The van der Waals surface area contributed by atoms with E-state index in [4.69, 9.17) is 14.2 Å². The number of rotatable bonds is 9. The molecule has 0 aromatic heterocycles. The fourth-order valence-corrected chi connectivity index (χ4v) is 2.75. The fourth-order valence-electron chi connectivity index (χ4n) is 2.75. The lowest BCUT2D eigenvalue weighted by Gasteiger charge is -2.19. The Labute approximate surface area is 168 Å². The SMILES string of the molecule is COc1ccc(CNC(=O)CCCOc2ccc(C(C)(C)C)cc2)cc1OC. The number of amides is 1. The van der Waals surface area contributed by atoms with Crippen molar-refractivity contribution in [1.82, 2.24) is 5.32 Å². The Morgan fingerprint density at radius 1 is 0.964 bits per heavy atom. The summed E-state index contributed by atoms with van der Waals surface area (Å²) in [6.45, 7) is 7.52. The van der Waals surface area contributed by atoms with E-state index in [0.29, 0.717) is 37.5 Å². The first-order chi connectivity index (χ1) is 13.3. The summed E-state index contributed by atoms with van der Waals surface area (Å²) in [5, 5.41) is 2.92. The minimum absolute atomic E-state index is 0.00136. The van der Waals surface area contributed by atoms with Gasteiger partial charge < -0.3 is 19.5 Å². The van der Waals surface area contributed by atoms with Crippen LogP contribution in [0, 0.1) is 0 Å². The van der Waals surface area contributed by atoms with Crippen LogP contribution in [0.2, 0.25) is 0 Å². The standard InChI is InChI=1S/C23H31NO4/c1-23(2,3)18-9-11-19(12-10-18)28-14-6-7-22(25)24-16-17-8-13-20(26-4)21(15-17)27-5/h8-13,15H,6-7,14,16H2,1-5H3,(H,24,25). The van der Waals surface area contributed by atoms with Crippen molar-refractivity contribution >= 4 is 5.91 Å². The van der Waals surface area contributed by atoms with Crippen molar-refractivity contribution in [3.63, 3.8) is 0 Å². The molecule has 1 amide bonds. The van der Waals surface area contributed by atoms with Gasteiger partial charge in [-0.05, 0) is 47.2 Å². The number of hydrogen-bond donors (Lipinski definition) is 1. The minimum Gasteiger partial charge on any atom is -0.494 e. The predicted molar refractivity (Wildman–Crippen MR) is 111 cm³/mol. The van der Waals surface area contributed by atoms with E-state index in [2.05, 4.69) is 38.2 Å². The van der Waals surface area contributed by atoms with Crippen LogP contribution in [0.25, 0.3) is 0 Å². The van der Waals surface area contributed by atoms with Crippen LogP contribution in [-0.4, -0.2) is 26.7 Å². The van der Waals surface area contributed by atoms with Gasteiger partial charge in [0.25, 0.3) is 0 Å². The molecule has 0 saturated carbocycles. The van der Waals surface area contributed by atoms with E-state index < -0.39 is 0 Å². The van der Waals surface area contributed by atoms with Crippen molar-refractivity contribution in [2.45, 2.75) is 45.6 Å². The summed E-state index contributed by atoms with van der Waals surface area (Å²) < 4.78 is 16.2. The molecule has 0 atom stereocenters. The molecule has 0 unspecified atom stereocenters. The van der Waals surface area contributed by atoms with Gasteiger partial charge >= 0.3 is 0 Å². The Hall–Kier alpha value is -2.69. The van der Waals surface area contributed by atoms with Gasteiger partial charge in [-0.3, -0.25) is 4.79 Å². The first-order valence-corrected chi connectivity index (χ1v) is 9.54. The van der Waals surface area contributed by atoms with Gasteiger partial charge in [-0.25, -0.2) is 0 Å². The molecule has 0 bridgehead atoms. The number of carbonyl (C=O) groups is 1. The van der Waals surface area contributed by atoms with Crippen molar-refractivity contribution in [2.75, 3.05) is 20.8 Å². The lowest BCUT2D eigenvalue weighted by atomic mass is 9.87. The van der Waals surface area contributed by atoms with E-state index in [9.17, 15) is 4.79 Å². The van der Waals surface area contributed by atoms with Crippen LogP contribution >= 0.6 is 0 Å². The highest BCUT2D eigenvalue weighted by Crippen LogP contribution is 2.27. The Bertz CT molecular complexity index is 763. The zero-order chi connectivity index (χ0) is 20.6. The van der Waals surface area contributed by atoms with Crippen molar-refractivity contribution in [1.29, 1.82) is 0 Å². The third-order valence-electron chi connectivity index (χ3n) is 4.47. The van der Waals surface area contributed by atoms with Crippen LogP contribution in [-0.2, 0) is 16.8 Å². The molecule has 2 rings (SSSR count). The molecular formula is C23H31NO4. The van der Waals surface area contributed by atoms with Gasteiger partial charge in [0, 0.05) is 13.0 Å². The molecule has 5 heteroatoms. The molecule has 0 saturated heterocycles. The number of ether oxygens (including phenoxy) is 3. The maximum atomic E-state index is 12.0. The number of hydrogen-bond acceptors (Lipinski definition) is 4. The molecule has 152 valence electrons. The van der Waals surface area contributed by atoms with Gasteiger partial charge in [0.2, 0.25) is 5.91 Å². The summed E-state index contributed by atoms with van der Waals surface area (Å²) >= 11 is 0. The zero-order valence-corrected chi connectivity index (χ0v) is 17.5. The van der Waals surface area contributed by atoms with Crippen LogP contribution in [0.3, 0.4) is 0 Å². The highest BCUT2D eigenvalue weighted by molar-refractivity contribution is 5.75. The van der Waals surface area contributed by atoms with Gasteiger partial charge in [-0.2, -0.15) is 0 Å². The third kappa shape index (κ3) is 6.48. The molecule has 0 fully saturated rings. The molecule has 0 heterocycles. The second kappa shape index (κ2) is 10.0. The molecular weight excluding hydrogens is 354 g/mol. The zero-order valence-electron chi connectivity index (χ0n) is 17.5. The maximum Gasteiger partial charge on any atom is 0.220 e. The summed E-state index contributed by atoms with van der Waals surface area (Å²) in [6, 6.07) is 13.8. The molecule has 0 aliphatic carbocycles. The topological polar surface area (TPSA) is 56.8 Å². The molecule has 0 spiro atoms. The molecule has 2 aromatic carbocycles. The second-order valence-electron chi connectivity index (χ2n) is 7.69.